The number of nitrogens with one attached hydrogen (secondary N) is 1. The fourth-order valence-corrected chi connectivity index (χ4v) is 1.78. The summed E-state index contributed by atoms with van der Waals surface area (Å²) in [6, 6.07) is 9.12. The highest BCUT2D eigenvalue weighted by atomic mass is 16.6. The third kappa shape index (κ3) is 5.43. The number of amides is 1. The van der Waals surface area contributed by atoms with Gasteiger partial charge in [0.15, 0.2) is 5.78 Å². The van der Waals surface area contributed by atoms with Crippen molar-refractivity contribution in [3.8, 4) is 0 Å². The van der Waals surface area contributed by atoms with Gasteiger partial charge in [-0.15, -0.1) is 0 Å². The van der Waals surface area contributed by atoms with Crippen LogP contribution >= 0.6 is 0 Å². The number of hydrogen-bond acceptors (Lipinski definition) is 3. The zero-order chi connectivity index (χ0) is 15.2. The van der Waals surface area contributed by atoms with E-state index in [1.165, 1.54) is 0 Å². The van der Waals surface area contributed by atoms with Gasteiger partial charge in [0.1, 0.15) is 5.60 Å². The molecular formula is C16H23NO3. The molecular weight excluding hydrogens is 254 g/mol. The van der Waals surface area contributed by atoms with Crippen molar-refractivity contribution in [1.29, 1.82) is 0 Å². The minimum Gasteiger partial charge on any atom is -0.444 e. The molecule has 1 rings (SSSR count). The van der Waals surface area contributed by atoms with E-state index in [1.54, 1.807) is 32.9 Å². The van der Waals surface area contributed by atoms with Crippen LogP contribution in [0.25, 0.3) is 0 Å². The number of benzene rings is 1. The van der Waals surface area contributed by atoms with E-state index < -0.39 is 11.7 Å². The average Bonchev–Trinajstić information content (AvgIpc) is 2.38. The molecule has 0 aromatic heterocycles. The second-order valence-electron chi connectivity index (χ2n) is 5.72. The molecule has 0 aliphatic heterocycles. The third-order valence-corrected chi connectivity index (χ3v) is 2.81. The lowest BCUT2D eigenvalue weighted by Gasteiger charge is -2.21. The Morgan fingerprint density at radius 3 is 2.30 bits per heavy atom. The topological polar surface area (TPSA) is 55.4 Å². The first kappa shape index (κ1) is 16.2. The van der Waals surface area contributed by atoms with Crippen molar-refractivity contribution in [3.05, 3.63) is 35.9 Å². The van der Waals surface area contributed by atoms with Crippen molar-refractivity contribution in [2.75, 3.05) is 6.54 Å². The molecule has 0 bridgehead atoms. The molecule has 0 saturated heterocycles. The molecule has 1 amide bonds. The van der Waals surface area contributed by atoms with Gasteiger partial charge in [-0.05, 0) is 27.2 Å². The Balaban J connectivity index is 2.56. The van der Waals surface area contributed by atoms with Crippen LogP contribution in [0.1, 0.15) is 44.5 Å². The zero-order valence-corrected chi connectivity index (χ0v) is 12.6. The van der Waals surface area contributed by atoms with Gasteiger partial charge in [0.2, 0.25) is 0 Å². The molecule has 1 N–H and O–H groups in total. The van der Waals surface area contributed by atoms with Gasteiger partial charge in [-0.1, -0.05) is 37.3 Å². The molecule has 1 aromatic carbocycles. The lowest BCUT2D eigenvalue weighted by molar-refractivity contribution is 0.0518. The third-order valence-electron chi connectivity index (χ3n) is 2.81. The number of Topliss-reactive ketones (excluding diaryl/α,β-unsaturated/α-hetero) is 1. The monoisotopic (exact) mass is 277 g/mol. The Labute approximate surface area is 120 Å². The molecule has 1 unspecified atom stereocenters. The Kier molecular flexibility index (Phi) is 5.74. The van der Waals surface area contributed by atoms with Crippen LogP contribution in [-0.4, -0.2) is 24.0 Å². The van der Waals surface area contributed by atoms with E-state index in [0.717, 1.165) is 0 Å². The van der Waals surface area contributed by atoms with Crippen molar-refractivity contribution < 1.29 is 14.3 Å². The summed E-state index contributed by atoms with van der Waals surface area (Å²) in [5.74, 6) is -0.186. The summed E-state index contributed by atoms with van der Waals surface area (Å²) in [5.41, 5.74) is 0.139. The quantitative estimate of drug-likeness (QED) is 0.839. The summed E-state index contributed by atoms with van der Waals surface area (Å²) in [6.45, 7) is 7.64. The standard InChI is InChI=1S/C16H23NO3/c1-5-12(11-17-15(19)20-16(2,3)4)14(18)13-9-7-6-8-10-13/h6-10,12H,5,11H2,1-4H3,(H,17,19). The maximum atomic E-state index is 12.3. The number of alkyl carbamates (subject to hydrolysis) is 1. The predicted octanol–water partition coefficient (Wildman–Crippen LogP) is 3.42. The van der Waals surface area contributed by atoms with Crippen LogP contribution in [0.4, 0.5) is 4.79 Å². The zero-order valence-electron chi connectivity index (χ0n) is 12.6. The number of ketones is 1. The molecule has 0 aliphatic rings. The van der Waals surface area contributed by atoms with E-state index in [4.69, 9.17) is 4.74 Å². The number of rotatable bonds is 5. The maximum Gasteiger partial charge on any atom is 0.407 e. The first-order valence-electron chi connectivity index (χ1n) is 6.89. The molecule has 110 valence electrons. The maximum absolute atomic E-state index is 12.3. The summed E-state index contributed by atoms with van der Waals surface area (Å²) in [4.78, 5) is 23.9. The van der Waals surface area contributed by atoms with Crippen LogP contribution in [0.15, 0.2) is 30.3 Å². The summed E-state index contributed by atoms with van der Waals surface area (Å²) < 4.78 is 5.16. The van der Waals surface area contributed by atoms with E-state index >= 15 is 0 Å². The van der Waals surface area contributed by atoms with Gasteiger partial charge >= 0.3 is 6.09 Å². The van der Waals surface area contributed by atoms with Crippen LogP contribution in [0.5, 0.6) is 0 Å². The SMILES string of the molecule is CCC(CNC(=O)OC(C)(C)C)C(=O)c1ccccc1. The molecule has 4 nitrogen and oxygen atoms in total. The molecule has 0 saturated carbocycles. The molecule has 0 fully saturated rings. The Morgan fingerprint density at radius 2 is 1.80 bits per heavy atom. The predicted molar refractivity (Wildman–Crippen MR) is 78.8 cm³/mol. The summed E-state index contributed by atoms with van der Waals surface area (Å²) in [5, 5.41) is 2.66. The molecule has 0 spiro atoms. The lowest BCUT2D eigenvalue weighted by atomic mass is 9.95. The van der Waals surface area contributed by atoms with Crippen LogP contribution < -0.4 is 5.32 Å². The summed E-state index contributed by atoms with van der Waals surface area (Å²) >= 11 is 0. The van der Waals surface area contributed by atoms with Crippen LogP contribution in [0.2, 0.25) is 0 Å². The number of carbonyl (C=O) groups is 2. The Bertz CT molecular complexity index is 449. The smallest absolute Gasteiger partial charge is 0.407 e. The second-order valence-corrected chi connectivity index (χ2v) is 5.72. The first-order valence-corrected chi connectivity index (χ1v) is 6.89. The van der Waals surface area contributed by atoms with Crippen molar-refractivity contribution in [2.24, 2.45) is 5.92 Å². The highest BCUT2D eigenvalue weighted by Crippen LogP contribution is 2.12. The van der Waals surface area contributed by atoms with Gasteiger partial charge < -0.3 is 10.1 Å². The highest BCUT2D eigenvalue weighted by Gasteiger charge is 2.21. The summed E-state index contributed by atoms with van der Waals surface area (Å²) in [7, 11) is 0. The van der Waals surface area contributed by atoms with Gasteiger partial charge in [-0.2, -0.15) is 0 Å². The van der Waals surface area contributed by atoms with E-state index in [2.05, 4.69) is 5.32 Å². The second kappa shape index (κ2) is 7.08. The number of ether oxygens (including phenoxy) is 1. The Morgan fingerprint density at radius 1 is 1.20 bits per heavy atom. The Hall–Kier alpha value is -1.84. The molecule has 20 heavy (non-hydrogen) atoms. The van der Waals surface area contributed by atoms with E-state index in [-0.39, 0.29) is 11.7 Å². The van der Waals surface area contributed by atoms with E-state index in [9.17, 15) is 9.59 Å². The minimum absolute atomic E-state index is 0.0455. The molecule has 0 heterocycles. The van der Waals surface area contributed by atoms with Gasteiger partial charge in [-0.25, -0.2) is 4.79 Å². The summed E-state index contributed by atoms with van der Waals surface area (Å²) in [6.07, 6.45) is 0.181. The van der Waals surface area contributed by atoms with Crippen molar-refractivity contribution in [1.82, 2.24) is 5.32 Å². The minimum atomic E-state index is -0.533. The lowest BCUT2D eigenvalue weighted by Crippen LogP contribution is -2.37. The van der Waals surface area contributed by atoms with Gasteiger partial charge in [0.25, 0.3) is 0 Å². The molecule has 1 atom stereocenters. The molecule has 1 aromatic rings. The highest BCUT2D eigenvalue weighted by molar-refractivity contribution is 5.98. The van der Waals surface area contributed by atoms with E-state index in [1.807, 2.05) is 25.1 Å². The van der Waals surface area contributed by atoms with Crippen LogP contribution in [0, 0.1) is 5.92 Å². The molecule has 4 heteroatoms. The fraction of sp³-hybridized carbons (Fsp3) is 0.500. The first-order chi connectivity index (χ1) is 9.33. The van der Waals surface area contributed by atoms with Crippen LogP contribution in [0.3, 0.4) is 0 Å². The average molecular weight is 277 g/mol. The van der Waals surface area contributed by atoms with Gasteiger partial charge in [-0.3, -0.25) is 4.79 Å². The largest absolute Gasteiger partial charge is 0.444 e. The normalized spacial score (nSPS) is 12.6. The van der Waals surface area contributed by atoms with Crippen molar-refractivity contribution in [2.45, 2.75) is 39.7 Å². The van der Waals surface area contributed by atoms with Gasteiger partial charge in [0, 0.05) is 18.0 Å². The van der Waals surface area contributed by atoms with Gasteiger partial charge in [0.05, 0.1) is 0 Å². The van der Waals surface area contributed by atoms with Crippen LogP contribution in [-0.2, 0) is 4.74 Å². The fourth-order valence-electron chi connectivity index (χ4n) is 1.78. The number of hydrogen-bond donors (Lipinski definition) is 1. The van der Waals surface area contributed by atoms with Crippen molar-refractivity contribution >= 4 is 11.9 Å². The van der Waals surface area contributed by atoms with Crippen molar-refractivity contribution in [3.63, 3.8) is 0 Å². The van der Waals surface area contributed by atoms with E-state index in [0.29, 0.717) is 18.5 Å². The molecule has 0 radical (unpaired) electrons. The number of carbonyl (C=O) groups excluding carboxylic acids is 2. The molecule has 0 aliphatic carbocycles.